The van der Waals surface area contributed by atoms with Gasteiger partial charge in [0.05, 0.1) is 16.6 Å². The first-order valence-corrected chi connectivity index (χ1v) is 11.5. The smallest absolute Gasteiger partial charge is 0.272 e. The van der Waals surface area contributed by atoms with Gasteiger partial charge in [0.25, 0.3) is 11.5 Å². The highest BCUT2D eigenvalue weighted by Gasteiger charge is 2.25. The normalized spacial score (nSPS) is 14.5. The van der Waals surface area contributed by atoms with E-state index >= 15 is 0 Å². The van der Waals surface area contributed by atoms with Crippen LogP contribution in [0.15, 0.2) is 71.7 Å². The predicted octanol–water partition coefficient (Wildman–Crippen LogP) is 3.30. The number of aromatic nitrogens is 3. The molecule has 1 aliphatic rings. The number of nitriles is 1. The van der Waals surface area contributed by atoms with Crippen molar-refractivity contribution >= 4 is 22.5 Å². The van der Waals surface area contributed by atoms with Crippen molar-refractivity contribution in [2.45, 2.75) is 12.8 Å². The van der Waals surface area contributed by atoms with E-state index in [0.717, 1.165) is 16.6 Å². The maximum absolute atomic E-state index is 13.3. The molecule has 174 valence electrons. The van der Waals surface area contributed by atoms with E-state index in [1.807, 2.05) is 59.2 Å². The minimum absolute atomic E-state index is 0.0282. The topological polar surface area (TPSA) is 106 Å². The summed E-state index contributed by atoms with van der Waals surface area (Å²) in [4.78, 5) is 33.7. The lowest BCUT2D eigenvalue weighted by atomic mass is 9.93. The first-order valence-electron chi connectivity index (χ1n) is 11.5. The van der Waals surface area contributed by atoms with Gasteiger partial charge >= 0.3 is 0 Å². The lowest BCUT2D eigenvalue weighted by Crippen LogP contribution is -2.49. The van der Waals surface area contributed by atoms with Crippen LogP contribution in [0.2, 0.25) is 0 Å². The maximum atomic E-state index is 13.3. The van der Waals surface area contributed by atoms with Crippen molar-refractivity contribution in [3.05, 3.63) is 99.6 Å². The summed E-state index contributed by atoms with van der Waals surface area (Å²) >= 11 is 0. The molecule has 0 saturated carbocycles. The van der Waals surface area contributed by atoms with Crippen LogP contribution in [-0.4, -0.2) is 52.2 Å². The number of carbonyl (C=O) groups excluding carboxylic acids is 1. The molecule has 5 rings (SSSR count). The molecule has 0 spiro atoms. The largest absolute Gasteiger partial charge is 0.352 e. The third-order valence-corrected chi connectivity index (χ3v) is 6.54. The summed E-state index contributed by atoms with van der Waals surface area (Å²) in [6.45, 7) is 4.34. The Balaban J connectivity index is 1.34. The number of benzene rings is 2. The number of H-pyrrole nitrogens is 1. The van der Waals surface area contributed by atoms with Crippen molar-refractivity contribution in [1.82, 2.24) is 20.1 Å². The third kappa shape index (κ3) is 4.24. The molecule has 1 unspecified atom stereocenters. The highest BCUT2D eigenvalue weighted by atomic mass is 16.2. The van der Waals surface area contributed by atoms with Gasteiger partial charge in [0, 0.05) is 49.2 Å². The molecule has 1 saturated heterocycles. The van der Waals surface area contributed by atoms with E-state index in [4.69, 9.17) is 0 Å². The Kier molecular flexibility index (Phi) is 5.98. The van der Waals surface area contributed by atoms with Gasteiger partial charge in [-0.3, -0.25) is 9.59 Å². The van der Waals surface area contributed by atoms with E-state index in [9.17, 15) is 14.9 Å². The lowest BCUT2D eigenvalue weighted by Gasteiger charge is -2.35. The minimum Gasteiger partial charge on any atom is -0.352 e. The van der Waals surface area contributed by atoms with Crippen LogP contribution in [0, 0.1) is 11.3 Å². The summed E-state index contributed by atoms with van der Waals surface area (Å²) in [6.07, 6.45) is 1.68. The number of amides is 1. The maximum Gasteiger partial charge on any atom is 0.272 e. The molecule has 0 radical (unpaired) electrons. The average molecular weight is 465 g/mol. The second kappa shape index (κ2) is 9.39. The number of nitrogens with one attached hydrogen (secondary N) is 1. The van der Waals surface area contributed by atoms with Crippen molar-refractivity contribution in [2.75, 3.05) is 31.1 Å². The van der Waals surface area contributed by atoms with Gasteiger partial charge in [-0.1, -0.05) is 37.3 Å². The molecule has 1 atom stereocenters. The Morgan fingerprint density at radius 3 is 2.57 bits per heavy atom. The van der Waals surface area contributed by atoms with Gasteiger partial charge in [-0.15, -0.1) is 0 Å². The van der Waals surface area contributed by atoms with Gasteiger partial charge in [-0.25, -0.2) is 10.1 Å². The number of anilines is 1. The predicted molar refractivity (Wildman–Crippen MR) is 133 cm³/mol. The summed E-state index contributed by atoms with van der Waals surface area (Å²) in [5.41, 5.74) is 2.66. The fourth-order valence-corrected chi connectivity index (χ4v) is 4.61. The number of pyridine rings is 1. The third-order valence-electron chi connectivity index (χ3n) is 6.54. The second-order valence-electron chi connectivity index (χ2n) is 8.60. The van der Waals surface area contributed by atoms with E-state index in [0.29, 0.717) is 48.5 Å². The summed E-state index contributed by atoms with van der Waals surface area (Å²) in [6, 6.07) is 20.7. The Labute approximate surface area is 202 Å². The van der Waals surface area contributed by atoms with E-state index in [1.165, 1.54) is 0 Å². The van der Waals surface area contributed by atoms with Crippen LogP contribution < -0.4 is 10.5 Å². The summed E-state index contributed by atoms with van der Waals surface area (Å²) in [5, 5.41) is 17.7. The van der Waals surface area contributed by atoms with Crippen molar-refractivity contribution in [1.29, 1.82) is 5.26 Å². The number of aromatic amines is 1. The standard InChI is InChI=1S/C27H24N6O2/c1-18(24-22-9-2-3-10-23(22)26(34)31-30-24)19-6-4-7-20(16-19)27(35)33-14-12-32(13-15-33)25-21(17-28)8-5-11-29-25/h2-11,16,18H,12-15H2,1H3,(H,31,34). The van der Waals surface area contributed by atoms with Crippen LogP contribution in [-0.2, 0) is 0 Å². The molecule has 2 aromatic carbocycles. The zero-order valence-electron chi connectivity index (χ0n) is 19.3. The monoisotopic (exact) mass is 464 g/mol. The highest BCUT2D eigenvalue weighted by Crippen LogP contribution is 2.28. The lowest BCUT2D eigenvalue weighted by molar-refractivity contribution is 0.0746. The molecular weight excluding hydrogens is 440 g/mol. The van der Waals surface area contributed by atoms with E-state index < -0.39 is 0 Å². The van der Waals surface area contributed by atoms with Crippen LogP contribution in [0.3, 0.4) is 0 Å². The molecular formula is C27H24N6O2. The number of piperazine rings is 1. The Morgan fingerprint density at radius 2 is 1.80 bits per heavy atom. The molecule has 1 N–H and O–H groups in total. The molecule has 1 amide bonds. The van der Waals surface area contributed by atoms with E-state index in [-0.39, 0.29) is 17.4 Å². The number of carbonyl (C=O) groups is 1. The molecule has 8 heteroatoms. The van der Waals surface area contributed by atoms with Crippen molar-refractivity contribution in [2.24, 2.45) is 0 Å². The summed E-state index contributed by atoms with van der Waals surface area (Å²) in [7, 11) is 0. The fourth-order valence-electron chi connectivity index (χ4n) is 4.61. The molecule has 0 bridgehead atoms. The van der Waals surface area contributed by atoms with Crippen LogP contribution in [0.1, 0.15) is 40.0 Å². The van der Waals surface area contributed by atoms with Crippen molar-refractivity contribution in [3.63, 3.8) is 0 Å². The molecule has 1 fully saturated rings. The quantitative estimate of drug-likeness (QED) is 0.497. The van der Waals surface area contributed by atoms with Crippen LogP contribution >= 0.6 is 0 Å². The Morgan fingerprint density at radius 1 is 1.03 bits per heavy atom. The van der Waals surface area contributed by atoms with Crippen LogP contribution in [0.25, 0.3) is 10.8 Å². The number of rotatable bonds is 4. The molecule has 1 aliphatic heterocycles. The number of hydrogen-bond donors (Lipinski definition) is 1. The zero-order valence-corrected chi connectivity index (χ0v) is 19.3. The summed E-state index contributed by atoms with van der Waals surface area (Å²) in [5.74, 6) is 0.521. The van der Waals surface area contributed by atoms with Gasteiger partial charge in [-0.2, -0.15) is 10.4 Å². The zero-order chi connectivity index (χ0) is 24.4. The first-order chi connectivity index (χ1) is 17.1. The van der Waals surface area contributed by atoms with E-state index in [1.54, 1.807) is 24.4 Å². The van der Waals surface area contributed by atoms with E-state index in [2.05, 4.69) is 21.3 Å². The van der Waals surface area contributed by atoms with Crippen molar-refractivity contribution in [3.8, 4) is 6.07 Å². The van der Waals surface area contributed by atoms with Crippen molar-refractivity contribution < 1.29 is 4.79 Å². The second-order valence-corrected chi connectivity index (χ2v) is 8.60. The molecule has 0 aliphatic carbocycles. The molecule has 35 heavy (non-hydrogen) atoms. The first kappa shape index (κ1) is 22.3. The van der Waals surface area contributed by atoms with Crippen LogP contribution in [0.5, 0.6) is 0 Å². The summed E-state index contributed by atoms with van der Waals surface area (Å²) < 4.78 is 0. The van der Waals surface area contributed by atoms with Gasteiger partial charge in [0.2, 0.25) is 0 Å². The van der Waals surface area contributed by atoms with Gasteiger partial charge in [0.1, 0.15) is 11.9 Å². The average Bonchev–Trinajstić information content (AvgIpc) is 2.93. The Hall–Kier alpha value is -4.51. The highest BCUT2D eigenvalue weighted by molar-refractivity contribution is 5.94. The molecule has 3 heterocycles. The van der Waals surface area contributed by atoms with Gasteiger partial charge in [0.15, 0.2) is 0 Å². The SMILES string of the molecule is CC(c1cccc(C(=O)N2CCN(c3ncccc3C#N)CC2)c1)c1n[nH]c(=O)c2ccccc12. The molecule has 4 aromatic rings. The van der Waals surface area contributed by atoms with Crippen LogP contribution in [0.4, 0.5) is 5.82 Å². The number of fused-ring (bicyclic) bond motifs is 1. The number of nitrogens with zero attached hydrogens (tertiary/aromatic N) is 5. The minimum atomic E-state index is -0.216. The number of hydrogen-bond acceptors (Lipinski definition) is 6. The molecule has 2 aromatic heterocycles. The molecule has 8 nitrogen and oxygen atoms in total. The van der Waals surface area contributed by atoms with Gasteiger partial charge < -0.3 is 9.80 Å². The Bertz CT molecular complexity index is 1500. The fraction of sp³-hybridized carbons (Fsp3) is 0.222. The van der Waals surface area contributed by atoms with Gasteiger partial charge in [-0.05, 0) is 35.9 Å².